The fourth-order valence-electron chi connectivity index (χ4n) is 1.50. The molecule has 2 aromatic rings. The van der Waals surface area contributed by atoms with Crippen molar-refractivity contribution in [2.75, 3.05) is 0 Å². The zero-order valence-corrected chi connectivity index (χ0v) is 10.3. The maximum absolute atomic E-state index is 13.4. The quantitative estimate of drug-likeness (QED) is 0.388. The van der Waals surface area contributed by atoms with Gasteiger partial charge in [0.2, 0.25) is 0 Å². The summed E-state index contributed by atoms with van der Waals surface area (Å²) < 4.78 is 31.5. The summed E-state index contributed by atoms with van der Waals surface area (Å²) >= 11 is 0. The van der Waals surface area contributed by atoms with Crippen LogP contribution in [-0.2, 0) is 6.61 Å². The highest BCUT2D eigenvalue weighted by Crippen LogP contribution is 2.19. The highest BCUT2D eigenvalue weighted by atomic mass is 19.1. The van der Waals surface area contributed by atoms with Crippen molar-refractivity contribution in [3.05, 3.63) is 59.4 Å². The number of amidine groups is 1. The molecule has 5 nitrogen and oxygen atoms in total. The molecule has 20 heavy (non-hydrogen) atoms. The zero-order valence-electron chi connectivity index (χ0n) is 10.3. The Morgan fingerprint density at radius 2 is 2.10 bits per heavy atom. The molecule has 1 aromatic heterocycles. The predicted molar refractivity (Wildman–Crippen MR) is 67.4 cm³/mol. The molecule has 1 aromatic carbocycles. The molecule has 0 spiro atoms. The summed E-state index contributed by atoms with van der Waals surface area (Å²) in [5, 5.41) is 11.4. The molecule has 0 radical (unpaired) electrons. The topological polar surface area (TPSA) is 80.7 Å². The van der Waals surface area contributed by atoms with Crippen molar-refractivity contribution in [3.8, 4) is 5.75 Å². The number of nitrogens with zero attached hydrogens (tertiary/aromatic N) is 2. The third kappa shape index (κ3) is 3.19. The van der Waals surface area contributed by atoms with E-state index in [-0.39, 0.29) is 23.9 Å². The predicted octanol–water partition coefficient (Wildman–Crippen LogP) is 2.03. The number of nitrogens with two attached hydrogens (primary N) is 1. The van der Waals surface area contributed by atoms with E-state index in [1.165, 1.54) is 12.3 Å². The number of benzene rings is 1. The average Bonchev–Trinajstić information content (AvgIpc) is 2.47. The van der Waals surface area contributed by atoms with Gasteiger partial charge in [0.1, 0.15) is 18.1 Å². The SMILES string of the molecule is NC(=NO)c1cc(COc2cc(F)ccc2F)ccn1. The molecule has 0 amide bonds. The molecule has 0 unspecified atom stereocenters. The summed E-state index contributed by atoms with van der Waals surface area (Å²) in [5.41, 5.74) is 6.28. The number of rotatable bonds is 4. The van der Waals surface area contributed by atoms with Crippen LogP contribution >= 0.6 is 0 Å². The first-order chi connectivity index (χ1) is 9.60. The van der Waals surface area contributed by atoms with Crippen LogP contribution in [0.15, 0.2) is 41.7 Å². The summed E-state index contributed by atoms with van der Waals surface area (Å²) in [6, 6.07) is 6.09. The van der Waals surface area contributed by atoms with E-state index >= 15 is 0 Å². The fourth-order valence-corrected chi connectivity index (χ4v) is 1.50. The van der Waals surface area contributed by atoms with Crippen LogP contribution in [0.3, 0.4) is 0 Å². The Morgan fingerprint density at radius 3 is 2.85 bits per heavy atom. The summed E-state index contributed by atoms with van der Waals surface area (Å²) in [5.74, 6) is -1.58. The largest absolute Gasteiger partial charge is 0.486 e. The van der Waals surface area contributed by atoms with Crippen molar-refractivity contribution in [3.63, 3.8) is 0 Å². The normalized spacial score (nSPS) is 11.4. The van der Waals surface area contributed by atoms with Gasteiger partial charge >= 0.3 is 0 Å². The van der Waals surface area contributed by atoms with Gasteiger partial charge in [0.05, 0.1) is 0 Å². The fraction of sp³-hybridized carbons (Fsp3) is 0.0769. The van der Waals surface area contributed by atoms with Gasteiger partial charge in [-0.15, -0.1) is 0 Å². The molecule has 104 valence electrons. The lowest BCUT2D eigenvalue weighted by atomic mass is 10.2. The van der Waals surface area contributed by atoms with Gasteiger partial charge in [-0.25, -0.2) is 8.78 Å². The van der Waals surface area contributed by atoms with Crippen LogP contribution in [0.4, 0.5) is 8.78 Å². The zero-order chi connectivity index (χ0) is 14.5. The van der Waals surface area contributed by atoms with Gasteiger partial charge in [0.25, 0.3) is 0 Å². The van der Waals surface area contributed by atoms with Crippen LogP contribution in [0.1, 0.15) is 11.3 Å². The minimum absolute atomic E-state index is 0.00536. The first-order valence-corrected chi connectivity index (χ1v) is 5.61. The van der Waals surface area contributed by atoms with Crippen LogP contribution in [0.5, 0.6) is 5.75 Å². The van der Waals surface area contributed by atoms with Gasteiger partial charge in [-0.3, -0.25) is 4.98 Å². The molecule has 2 rings (SSSR count). The lowest BCUT2D eigenvalue weighted by Gasteiger charge is -2.08. The molecule has 0 saturated carbocycles. The number of hydrogen-bond acceptors (Lipinski definition) is 4. The molecule has 1 heterocycles. The second kappa shape index (κ2) is 5.96. The maximum Gasteiger partial charge on any atom is 0.188 e. The highest BCUT2D eigenvalue weighted by molar-refractivity contribution is 5.95. The Balaban J connectivity index is 2.13. The second-order valence-corrected chi connectivity index (χ2v) is 3.90. The molecule has 0 aliphatic carbocycles. The number of pyridine rings is 1. The van der Waals surface area contributed by atoms with Crippen molar-refractivity contribution >= 4 is 5.84 Å². The van der Waals surface area contributed by atoms with Gasteiger partial charge in [0, 0.05) is 12.3 Å². The van der Waals surface area contributed by atoms with Crippen molar-refractivity contribution in [2.45, 2.75) is 6.61 Å². The molecule has 0 fully saturated rings. The van der Waals surface area contributed by atoms with Crippen molar-refractivity contribution < 1.29 is 18.7 Å². The Kier molecular flexibility index (Phi) is 4.09. The number of hydrogen-bond donors (Lipinski definition) is 2. The maximum atomic E-state index is 13.4. The number of oxime groups is 1. The first-order valence-electron chi connectivity index (χ1n) is 5.61. The van der Waals surface area contributed by atoms with Crippen molar-refractivity contribution in [1.29, 1.82) is 0 Å². The summed E-state index contributed by atoms with van der Waals surface area (Å²) in [6.07, 6.45) is 1.44. The third-order valence-electron chi connectivity index (χ3n) is 2.48. The molecule has 0 aliphatic rings. The smallest absolute Gasteiger partial charge is 0.188 e. The molecule has 0 bridgehead atoms. The lowest BCUT2D eigenvalue weighted by molar-refractivity contribution is 0.288. The number of aromatic nitrogens is 1. The van der Waals surface area contributed by atoms with E-state index in [4.69, 9.17) is 15.7 Å². The molecule has 7 heteroatoms. The van der Waals surface area contributed by atoms with E-state index in [2.05, 4.69) is 10.1 Å². The summed E-state index contributed by atoms with van der Waals surface area (Å²) in [4.78, 5) is 3.89. The van der Waals surface area contributed by atoms with Gasteiger partial charge < -0.3 is 15.7 Å². The van der Waals surface area contributed by atoms with Crippen LogP contribution < -0.4 is 10.5 Å². The standard InChI is InChI=1S/C13H11F2N3O2/c14-9-1-2-10(15)12(6-9)20-7-8-3-4-17-11(5-8)13(16)18-19/h1-6,19H,7H2,(H2,16,18). The highest BCUT2D eigenvalue weighted by Gasteiger charge is 2.07. The van der Waals surface area contributed by atoms with Gasteiger partial charge in [0.15, 0.2) is 17.4 Å². The minimum Gasteiger partial charge on any atom is -0.486 e. The van der Waals surface area contributed by atoms with Crippen molar-refractivity contribution in [2.24, 2.45) is 10.9 Å². The molecule has 0 saturated heterocycles. The molecule has 0 atom stereocenters. The summed E-state index contributed by atoms with van der Waals surface area (Å²) in [7, 11) is 0. The van der Waals surface area contributed by atoms with Crippen LogP contribution in [-0.4, -0.2) is 16.0 Å². The van der Waals surface area contributed by atoms with E-state index in [0.29, 0.717) is 5.56 Å². The number of ether oxygens (including phenoxy) is 1. The molecule has 3 N–H and O–H groups in total. The number of halogens is 2. The lowest BCUT2D eigenvalue weighted by Crippen LogP contribution is -2.15. The Labute approximate surface area is 113 Å². The first kappa shape index (κ1) is 13.7. The third-order valence-corrected chi connectivity index (χ3v) is 2.48. The van der Waals surface area contributed by atoms with Gasteiger partial charge in [-0.2, -0.15) is 0 Å². The molecular weight excluding hydrogens is 268 g/mol. The van der Waals surface area contributed by atoms with E-state index < -0.39 is 11.6 Å². The van der Waals surface area contributed by atoms with E-state index in [1.54, 1.807) is 6.07 Å². The Morgan fingerprint density at radius 1 is 1.30 bits per heavy atom. The van der Waals surface area contributed by atoms with Crippen LogP contribution in [0, 0.1) is 11.6 Å². The molecule has 0 aliphatic heterocycles. The van der Waals surface area contributed by atoms with Crippen molar-refractivity contribution in [1.82, 2.24) is 4.98 Å². The monoisotopic (exact) mass is 279 g/mol. The average molecular weight is 279 g/mol. The van der Waals surface area contributed by atoms with E-state index in [0.717, 1.165) is 18.2 Å². The molecular formula is C13H11F2N3O2. The van der Waals surface area contributed by atoms with E-state index in [9.17, 15) is 8.78 Å². The minimum atomic E-state index is -0.655. The summed E-state index contributed by atoms with van der Waals surface area (Å²) in [6.45, 7) is -0.00536. The Hall–Kier alpha value is -2.70. The van der Waals surface area contributed by atoms with Gasteiger partial charge in [-0.1, -0.05) is 5.16 Å². The van der Waals surface area contributed by atoms with E-state index in [1.807, 2.05) is 0 Å². The Bertz CT molecular complexity index is 647. The van der Waals surface area contributed by atoms with Gasteiger partial charge in [-0.05, 0) is 29.8 Å². The second-order valence-electron chi connectivity index (χ2n) is 3.90. The van der Waals surface area contributed by atoms with Crippen LogP contribution in [0.25, 0.3) is 0 Å². The van der Waals surface area contributed by atoms with Crippen LogP contribution in [0.2, 0.25) is 0 Å².